The van der Waals surface area contributed by atoms with E-state index in [1.54, 1.807) is 13.0 Å². The molecule has 1 rings (SSSR count). The molecular weight excluding hydrogens is 230 g/mol. The second kappa shape index (κ2) is 7.01. The first-order valence-corrected chi connectivity index (χ1v) is 6.22. The molecule has 2 N–H and O–H groups in total. The lowest BCUT2D eigenvalue weighted by atomic mass is 10.1. The Bertz CT molecular complexity index is 402. The Kier molecular flexibility index (Phi) is 5.65. The van der Waals surface area contributed by atoms with Gasteiger partial charge >= 0.3 is 0 Å². The molecule has 0 saturated heterocycles. The van der Waals surface area contributed by atoms with Crippen LogP contribution in [0.5, 0.6) is 5.75 Å². The molecule has 1 aromatic carbocycles. The minimum Gasteiger partial charge on any atom is -0.483 e. The van der Waals surface area contributed by atoms with Crippen LogP contribution in [0.15, 0.2) is 18.2 Å². The van der Waals surface area contributed by atoms with Crippen molar-refractivity contribution in [3.63, 3.8) is 0 Å². The van der Waals surface area contributed by atoms with E-state index in [9.17, 15) is 9.90 Å². The monoisotopic (exact) mass is 251 g/mol. The Morgan fingerprint density at radius 3 is 2.83 bits per heavy atom. The predicted octanol–water partition coefficient (Wildman–Crippen LogP) is 1.95. The third kappa shape index (κ3) is 4.37. The van der Waals surface area contributed by atoms with Crippen LogP contribution in [0.1, 0.15) is 37.5 Å². The van der Waals surface area contributed by atoms with Gasteiger partial charge in [-0.3, -0.25) is 4.79 Å². The molecule has 1 aromatic rings. The molecule has 18 heavy (non-hydrogen) atoms. The summed E-state index contributed by atoms with van der Waals surface area (Å²) in [6.45, 7) is 6.25. The van der Waals surface area contributed by atoms with Crippen LogP contribution in [0.3, 0.4) is 0 Å². The van der Waals surface area contributed by atoms with E-state index < -0.39 is 6.10 Å². The van der Waals surface area contributed by atoms with Gasteiger partial charge in [0.2, 0.25) is 0 Å². The molecule has 1 atom stereocenters. The fourth-order valence-electron chi connectivity index (χ4n) is 1.58. The Morgan fingerprint density at radius 1 is 1.50 bits per heavy atom. The Labute approximate surface area is 108 Å². The fraction of sp³-hybridized carbons (Fsp3) is 0.500. The molecule has 0 aromatic heterocycles. The van der Waals surface area contributed by atoms with Crippen molar-refractivity contribution in [2.24, 2.45) is 0 Å². The lowest BCUT2D eigenvalue weighted by molar-refractivity contribution is -0.123. The van der Waals surface area contributed by atoms with Crippen LogP contribution < -0.4 is 10.1 Å². The number of hydrogen-bond donors (Lipinski definition) is 2. The van der Waals surface area contributed by atoms with Crippen LogP contribution in [0.4, 0.5) is 0 Å². The average molecular weight is 251 g/mol. The number of aliphatic hydroxyl groups is 1. The summed E-state index contributed by atoms with van der Waals surface area (Å²) in [5.41, 5.74) is 1.76. The van der Waals surface area contributed by atoms with Gasteiger partial charge in [0.1, 0.15) is 5.75 Å². The number of hydrogen-bond acceptors (Lipinski definition) is 3. The number of benzene rings is 1. The van der Waals surface area contributed by atoms with Crippen molar-refractivity contribution in [2.45, 2.75) is 33.3 Å². The van der Waals surface area contributed by atoms with Crippen LogP contribution in [0, 0.1) is 6.92 Å². The number of aliphatic hydroxyl groups excluding tert-OH is 1. The molecule has 4 heteroatoms. The van der Waals surface area contributed by atoms with E-state index in [2.05, 4.69) is 5.32 Å². The summed E-state index contributed by atoms with van der Waals surface area (Å²) in [5.74, 6) is 0.413. The van der Waals surface area contributed by atoms with E-state index in [1.807, 2.05) is 26.0 Å². The summed E-state index contributed by atoms with van der Waals surface area (Å²) < 4.78 is 5.44. The van der Waals surface area contributed by atoms with E-state index >= 15 is 0 Å². The van der Waals surface area contributed by atoms with Crippen molar-refractivity contribution < 1.29 is 14.6 Å². The molecule has 0 radical (unpaired) electrons. The molecule has 100 valence electrons. The van der Waals surface area contributed by atoms with E-state index in [4.69, 9.17) is 4.74 Å². The normalized spacial score (nSPS) is 12.0. The van der Waals surface area contributed by atoms with Gasteiger partial charge in [0.05, 0.1) is 6.10 Å². The maximum atomic E-state index is 11.4. The molecule has 0 saturated carbocycles. The Hall–Kier alpha value is -1.55. The zero-order valence-electron chi connectivity index (χ0n) is 11.2. The van der Waals surface area contributed by atoms with Gasteiger partial charge in [-0.25, -0.2) is 0 Å². The second-order valence-corrected chi connectivity index (χ2v) is 4.36. The molecule has 0 spiro atoms. The summed E-state index contributed by atoms with van der Waals surface area (Å²) in [6.07, 6.45) is 0.286. The standard InChI is InChI=1S/C14H21NO3/c1-4-7-15-14(17)9-18-13-6-5-10(2)8-12(13)11(3)16/h5-6,8,11,16H,4,7,9H2,1-3H3,(H,15,17). The van der Waals surface area contributed by atoms with Crippen LogP contribution in [-0.4, -0.2) is 24.2 Å². The van der Waals surface area contributed by atoms with Crippen molar-refractivity contribution in [2.75, 3.05) is 13.2 Å². The van der Waals surface area contributed by atoms with Gasteiger partial charge in [-0.15, -0.1) is 0 Å². The van der Waals surface area contributed by atoms with Gasteiger partial charge in [0.25, 0.3) is 5.91 Å². The summed E-state index contributed by atoms with van der Waals surface area (Å²) in [6, 6.07) is 5.54. The van der Waals surface area contributed by atoms with Crippen LogP contribution in [0.25, 0.3) is 0 Å². The van der Waals surface area contributed by atoms with Crippen molar-refractivity contribution in [1.82, 2.24) is 5.32 Å². The third-order valence-electron chi connectivity index (χ3n) is 2.55. The number of nitrogens with one attached hydrogen (secondary N) is 1. The number of aryl methyl sites for hydroxylation is 1. The van der Waals surface area contributed by atoms with Crippen LogP contribution in [-0.2, 0) is 4.79 Å². The van der Waals surface area contributed by atoms with Gasteiger partial charge in [-0.2, -0.15) is 0 Å². The van der Waals surface area contributed by atoms with E-state index in [0.29, 0.717) is 17.9 Å². The van der Waals surface area contributed by atoms with Crippen molar-refractivity contribution in [3.05, 3.63) is 29.3 Å². The molecule has 1 amide bonds. The number of carbonyl (C=O) groups excluding carboxylic acids is 1. The highest BCUT2D eigenvalue weighted by Crippen LogP contribution is 2.26. The fourth-order valence-corrected chi connectivity index (χ4v) is 1.58. The Balaban J connectivity index is 2.64. The summed E-state index contributed by atoms with van der Waals surface area (Å²) in [5, 5.41) is 12.4. The zero-order valence-corrected chi connectivity index (χ0v) is 11.2. The number of rotatable bonds is 6. The largest absolute Gasteiger partial charge is 0.483 e. The second-order valence-electron chi connectivity index (χ2n) is 4.36. The smallest absolute Gasteiger partial charge is 0.257 e. The highest BCUT2D eigenvalue weighted by Gasteiger charge is 2.10. The summed E-state index contributed by atoms with van der Waals surface area (Å²) in [4.78, 5) is 11.4. The van der Waals surface area contributed by atoms with Crippen LogP contribution in [0.2, 0.25) is 0 Å². The quantitative estimate of drug-likeness (QED) is 0.812. The van der Waals surface area contributed by atoms with Gasteiger partial charge in [-0.1, -0.05) is 18.6 Å². The summed E-state index contributed by atoms with van der Waals surface area (Å²) >= 11 is 0. The highest BCUT2D eigenvalue weighted by atomic mass is 16.5. The number of amides is 1. The molecule has 0 bridgehead atoms. The summed E-state index contributed by atoms with van der Waals surface area (Å²) in [7, 11) is 0. The minimum absolute atomic E-state index is 0.0250. The van der Waals surface area contributed by atoms with Gasteiger partial charge in [-0.05, 0) is 32.4 Å². The van der Waals surface area contributed by atoms with Crippen molar-refractivity contribution in [3.8, 4) is 5.75 Å². The molecular formula is C14H21NO3. The van der Waals surface area contributed by atoms with Gasteiger partial charge in [0.15, 0.2) is 6.61 Å². The highest BCUT2D eigenvalue weighted by molar-refractivity contribution is 5.77. The zero-order chi connectivity index (χ0) is 13.5. The SMILES string of the molecule is CCCNC(=O)COc1ccc(C)cc1C(C)O. The van der Waals surface area contributed by atoms with Crippen molar-refractivity contribution >= 4 is 5.91 Å². The number of carbonyl (C=O) groups is 1. The lowest BCUT2D eigenvalue weighted by Gasteiger charge is -2.14. The van der Waals surface area contributed by atoms with E-state index in [0.717, 1.165) is 12.0 Å². The molecule has 4 nitrogen and oxygen atoms in total. The third-order valence-corrected chi connectivity index (χ3v) is 2.55. The molecule has 0 aliphatic heterocycles. The Morgan fingerprint density at radius 2 is 2.22 bits per heavy atom. The molecule has 1 unspecified atom stereocenters. The predicted molar refractivity (Wildman–Crippen MR) is 70.6 cm³/mol. The topological polar surface area (TPSA) is 58.6 Å². The first-order valence-electron chi connectivity index (χ1n) is 6.22. The maximum Gasteiger partial charge on any atom is 0.257 e. The first kappa shape index (κ1) is 14.5. The first-order chi connectivity index (χ1) is 8.54. The van der Waals surface area contributed by atoms with E-state index in [1.165, 1.54) is 0 Å². The molecule has 0 fully saturated rings. The van der Waals surface area contributed by atoms with Gasteiger partial charge < -0.3 is 15.2 Å². The van der Waals surface area contributed by atoms with E-state index in [-0.39, 0.29) is 12.5 Å². The molecule has 0 aliphatic rings. The molecule has 0 heterocycles. The maximum absolute atomic E-state index is 11.4. The van der Waals surface area contributed by atoms with Gasteiger partial charge in [0, 0.05) is 12.1 Å². The lowest BCUT2D eigenvalue weighted by Crippen LogP contribution is -2.29. The average Bonchev–Trinajstić information content (AvgIpc) is 2.34. The molecule has 0 aliphatic carbocycles. The minimum atomic E-state index is -0.612. The van der Waals surface area contributed by atoms with Crippen LogP contribution >= 0.6 is 0 Å². The number of ether oxygens (including phenoxy) is 1. The van der Waals surface area contributed by atoms with Crippen molar-refractivity contribution in [1.29, 1.82) is 0 Å².